The van der Waals surface area contributed by atoms with Gasteiger partial charge in [0.1, 0.15) is 17.6 Å². The molecule has 2 aromatic carbocycles. The third kappa shape index (κ3) is 6.02. The fraction of sp³-hybridized carbons (Fsp3) is 0.316. The lowest BCUT2D eigenvalue weighted by atomic mass is 10.2. The summed E-state index contributed by atoms with van der Waals surface area (Å²) in [4.78, 5) is 12.1. The molecule has 5 nitrogen and oxygen atoms in total. The van der Waals surface area contributed by atoms with E-state index in [1.165, 1.54) is 0 Å². The first-order chi connectivity index (χ1) is 11.7. The topological polar surface area (TPSA) is 56.8 Å². The van der Waals surface area contributed by atoms with Crippen LogP contribution in [0.4, 0.5) is 5.69 Å². The fourth-order valence-corrected chi connectivity index (χ4v) is 2.01. The van der Waals surface area contributed by atoms with Gasteiger partial charge in [-0.3, -0.25) is 4.79 Å². The minimum absolute atomic E-state index is 0.205. The first kappa shape index (κ1) is 18.0. The molecule has 0 heterocycles. The van der Waals surface area contributed by atoms with Gasteiger partial charge in [0.25, 0.3) is 5.91 Å². The molecular weight excluding hydrogens is 306 g/mol. The van der Waals surface area contributed by atoms with E-state index in [1.54, 1.807) is 13.0 Å². The number of ether oxygens (including phenoxy) is 3. The van der Waals surface area contributed by atoms with Crippen LogP contribution in [0.3, 0.4) is 0 Å². The molecule has 0 radical (unpaired) electrons. The summed E-state index contributed by atoms with van der Waals surface area (Å²) in [6.45, 7) is 5.14. The van der Waals surface area contributed by atoms with Crippen LogP contribution in [0.15, 0.2) is 54.6 Å². The maximum atomic E-state index is 12.1. The van der Waals surface area contributed by atoms with Gasteiger partial charge >= 0.3 is 0 Å². The summed E-state index contributed by atoms with van der Waals surface area (Å²) in [5.41, 5.74) is 0.661. The van der Waals surface area contributed by atoms with E-state index < -0.39 is 6.10 Å². The molecule has 0 saturated carbocycles. The molecule has 0 aliphatic carbocycles. The number of para-hydroxylation sites is 1. The minimum Gasteiger partial charge on any atom is -0.457 e. The Kier molecular flexibility index (Phi) is 7.26. The monoisotopic (exact) mass is 329 g/mol. The van der Waals surface area contributed by atoms with Crippen molar-refractivity contribution in [1.29, 1.82) is 0 Å². The van der Waals surface area contributed by atoms with E-state index in [0.29, 0.717) is 31.3 Å². The van der Waals surface area contributed by atoms with Crippen molar-refractivity contribution in [3.8, 4) is 11.5 Å². The van der Waals surface area contributed by atoms with Crippen molar-refractivity contribution in [3.05, 3.63) is 54.6 Å². The van der Waals surface area contributed by atoms with E-state index in [-0.39, 0.29) is 5.91 Å². The minimum atomic E-state index is -0.552. The Labute approximate surface area is 142 Å². The van der Waals surface area contributed by atoms with Gasteiger partial charge in [-0.1, -0.05) is 24.3 Å². The van der Waals surface area contributed by atoms with Gasteiger partial charge in [-0.25, -0.2) is 0 Å². The van der Waals surface area contributed by atoms with E-state index in [1.807, 2.05) is 55.5 Å². The molecule has 0 aliphatic rings. The second kappa shape index (κ2) is 9.70. The molecule has 5 heteroatoms. The van der Waals surface area contributed by atoms with Gasteiger partial charge in [0.15, 0.2) is 0 Å². The lowest BCUT2D eigenvalue weighted by molar-refractivity contribution is -0.127. The quantitative estimate of drug-likeness (QED) is 0.710. The average molecular weight is 329 g/mol. The molecule has 1 N–H and O–H groups in total. The zero-order chi connectivity index (χ0) is 17.2. The molecule has 0 spiro atoms. The highest BCUT2D eigenvalue weighted by atomic mass is 16.5. The Morgan fingerprint density at radius 2 is 1.79 bits per heavy atom. The standard InChI is InChI=1S/C19H23NO4/c1-3-22-12-13-23-15(2)19(21)20-16-8-7-11-18(14-16)24-17-9-5-4-6-10-17/h4-11,14-15H,3,12-13H2,1-2H3,(H,20,21). The molecule has 0 fully saturated rings. The van der Waals surface area contributed by atoms with Gasteiger partial charge < -0.3 is 19.5 Å². The summed E-state index contributed by atoms with van der Waals surface area (Å²) in [5.74, 6) is 1.20. The summed E-state index contributed by atoms with van der Waals surface area (Å²) in [7, 11) is 0. The van der Waals surface area contributed by atoms with Gasteiger partial charge in [-0.15, -0.1) is 0 Å². The van der Waals surface area contributed by atoms with Crippen molar-refractivity contribution in [2.75, 3.05) is 25.1 Å². The van der Waals surface area contributed by atoms with Crippen molar-refractivity contribution >= 4 is 11.6 Å². The normalized spacial score (nSPS) is 11.8. The molecule has 2 aromatic rings. The molecule has 1 amide bonds. The Morgan fingerprint density at radius 3 is 2.54 bits per heavy atom. The van der Waals surface area contributed by atoms with Crippen LogP contribution in [0.1, 0.15) is 13.8 Å². The zero-order valence-electron chi connectivity index (χ0n) is 14.0. The lowest BCUT2D eigenvalue weighted by Gasteiger charge is -2.14. The second-order valence-corrected chi connectivity index (χ2v) is 5.14. The first-order valence-electron chi connectivity index (χ1n) is 8.02. The average Bonchev–Trinajstić information content (AvgIpc) is 2.59. The van der Waals surface area contributed by atoms with Gasteiger partial charge in [0.05, 0.1) is 13.2 Å². The number of benzene rings is 2. The molecule has 0 aliphatic heterocycles. The lowest BCUT2D eigenvalue weighted by Crippen LogP contribution is -2.28. The Morgan fingerprint density at radius 1 is 1.04 bits per heavy atom. The van der Waals surface area contributed by atoms with Crippen LogP contribution >= 0.6 is 0 Å². The summed E-state index contributed by atoms with van der Waals surface area (Å²) >= 11 is 0. The van der Waals surface area contributed by atoms with Gasteiger partial charge in [0, 0.05) is 18.4 Å². The van der Waals surface area contributed by atoms with Gasteiger partial charge in [0.2, 0.25) is 0 Å². The van der Waals surface area contributed by atoms with E-state index >= 15 is 0 Å². The highest BCUT2D eigenvalue weighted by Gasteiger charge is 2.13. The number of nitrogens with one attached hydrogen (secondary N) is 1. The smallest absolute Gasteiger partial charge is 0.253 e. The predicted octanol–water partition coefficient (Wildman–Crippen LogP) is 3.86. The van der Waals surface area contributed by atoms with Gasteiger partial charge in [-0.05, 0) is 38.1 Å². The van der Waals surface area contributed by atoms with Crippen molar-refractivity contribution in [1.82, 2.24) is 0 Å². The SMILES string of the molecule is CCOCCOC(C)C(=O)Nc1cccc(Oc2ccccc2)c1. The summed E-state index contributed by atoms with van der Waals surface area (Å²) < 4.78 is 16.4. The number of carbonyl (C=O) groups excluding carboxylic acids is 1. The Hall–Kier alpha value is -2.37. The Bertz CT molecular complexity index is 630. The molecule has 0 saturated heterocycles. The second-order valence-electron chi connectivity index (χ2n) is 5.14. The van der Waals surface area contributed by atoms with Crippen molar-refractivity contribution in [2.45, 2.75) is 20.0 Å². The number of amides is 1. The Balaban J connectivity index is 1.88. The maximum Gasteiger partial charge on any atom is 0.253 e. The van der Waals surface area contributed by atoms with E-state index in [4.69, 9.17) is 14.2 Å². The van der Waals surface area contributed by atoms with Crippen molar-refractivity contribution < 1.29 is 19.0 Å². The molecule has 1 unspecified atom stereocenters. The highest BCUT2D eigenvalue weighted by molar-refractivity contribution is 5.94. The van der Waals surface area contributed by atoms with E-state index in [0.717, 1.165) is 5.75 Å². The number of anilines is 1. The number of carbonyl (C=O) groups is 1. The van der Waals surface area contributed by atoms with Crippen LogP contribution in [0.5, 0.6) is 11.5 Å². The molecule has 24 heavy (non-hydrogen) atoms. The fourth-order valence-electron chi connectivity index (χ4n) is 2.01. The summed E-state index contributed by atoms with van der Waals surface area (Å²) in [6.07, 6.45) is -0.552. The molecule has 128 valence electrons. The van der Waals surface area contributed by atoms with Crippen molar-refractivity contribution in [2.24, 2.45) is 0 Å². The first-order valence-corrected chi connectivity index (χ1v) is 8.02. The molecule has 0 bridgehead atoms. The molecule has 2 rings (SSSR count). The van der Waals surface area contributed by atoms with Gasteiger partial charge in [-0.2, -0.15) is 0 Å². The summed E-state index contributed by atoms with van der Waals surface area (Å²) in [6, 6.07) is 16.7. The van der Waals surface area contributed by atoms with E-state index in [9.17, 15) is 4.79 Å². The maximum absolute atomic E-state index is 12.1. The largest absolute Gasteiger partial charge is 0.457 e. The third-order valence-electron chi connectivity index (χ3n) is 3.25. The van der Waals surface area contributed by atoms with Crippen LogP contribution < -0.4 is 10.1 Å². The molecule has 1 atom stereocenters. The summed E-state index contributed by atoms with van der Waals surface area (Å²) in [5, 5.41) is 2.82. The van der Waals surface area contributed by atoms with Crippen LogP contribution in [-0.2, 0) is 14.3 Å². The number of hydrogen-bond acceptors (Lipinski definition) is 4. The predicted molar refractivity (Wildman–Crippen MR) is 93.5 cm³/mol. The van der Waals surface area contributed by atoms with Crippen molar-refractivity contribution in [3.63, 3.8) is 0 Å². The third-order valence-corrected chi connectivity index (χ3v) is 3.25. The van der Waals surface area contributed by atoms with Crippen LogP contribution in [-0.4, -0.2) is 31.8 Å². The zero-order valence-corrected chi connectivity index (χ0v) is 14.0. The highest BCUT2D eigenvalue weighted by Crippen LogP contribution is 2.23. The molecular formula is C19H23NO4. The van der Waals surface area contributed by atoms with Crippen LogP contribution in [0.25, 0.3) is 0 Å². The molecule has 0 aromatic heterocycles. The van der Waals surface area contributed by atoms with E-state index in [2.05, 4.69) is 5.32 Å². The van der Waals surface area contributed by atoms with Crippen LogP contribution in [0.2, 0.25) is 0 Å². The van der Waals surface area contributed by atoms with Crippen LogP contribution in [0, 0.1) is 0 Å². The number of hydrogen-bond donors (Lipinski definition) is 1. The number of rotatable bonds is 9.